The highest BCUT2D eigenvalue weighted by Crippen LogP contribution is 2.24. The number of aromatic carboxylic acids is 1. The van der Waals surface area contributed by atoms with E-state index in [9.17, 15) is 4.79 Å². The van der Waals surface area contributed by atoms with Gasteiger partial charge in [0, 0.05) is 11.6 Å². The van der Waals surface area contributed by atoms with E-state index in [1.807, 2.05) is 36.4 Å². The van der Waals surface area contributed by atoms with Gasteiger partial charge in [-0.3, -0.25) is 4.98 Å². The van der Waals surface area contributed by atoms with E-state index in [4.69, 9.17) is 5.11 Å². The standard InChI is InChI=1S/C16H11NO2/c18-16(19)14-4-1-3-12(9-14)13-7-6-11-5-2-8-17-15(11)10-13/h1-10H,(H,18,19). The molecule has 0 spiro atoms. The summed E-state index contributed by atoms with van der Waals surface area (Å²) in [7, 11) is 0. The van der Waals surface area contributed by atoms with Gasteiger partial charge in [-0.1, -0.05) is 30.3 Å². The molecule has 0 atom stereocenters. The van der Waals surface area contributed by atoms with Crippen LogP contribution in [0.2, 0.25) is 0 Å². The molecule has 2 aromatic carbocycles. The van der Waals surface area contributed by atoms with E-state index in [2.05, 4.69) is 4.98 Å². The molecule has 3 rings (SSSR count). The Labute approximate surface area is 110 Å². The fraction of sp³-hybridized carbons (Fsp3) is 0. The summed E-state index contributed by atoms with van der Waals surface area (Å²) < 4.78 is 0. The van der Waals surface area contributed by atoms with Crippen LogP contribution >= 0.6 is 0 Å². The summed E-state index contributed by atoms with van der Waals surface area (Å²) in [4.78, 5) is 15.3. The Morgan fingerprint density at radius 3 is 2.63 bits per heavy atom. The van der Waals surface area contributed by atoms with Crippen molar-refractivity contribution in [1.82, 2.24) is 4.98 Å². The second-order valence-corrected chi connectivity index (χ2v) is 4.30. The first kappa shape index (κ1) is 11.4. The second-order valence-electron chi connectivity index (χ2n) is 4.30. The molecule has 1 heterocycles. The Bertz CT molecular complexity index is 765. The average molecular weight is 249 g/mol. The SMILES string of the molecule is O=C(O)c1cccc(-c2ccc3cccnc3c2)c1. The second kappa shape index (κ2) is 4.53. The molecule has 0 amide bonds. The maximum Gasteiger partial charge on any atom is 0.335 e. The molecule has 0 aliphatic heterocycles. The molecule has 0 aliphatic rings. The smallest absolute Gasteiger partial charge is 0.335 e. The molecule has 19 heavy (non-hydrogen) atoms. The van der Waals surface area contributed by atoms with Crippen LogP contribution in [-0.2, 0) is 0 Å². The molecule has 0 saturated heterocycles. The van der Waals surface area contributed by atoms with Crippen LogP contribution in [0.5, 0.6) is 0 Å². The molecule has 0 unspecified atom stereocenters. The number of hydrogen-bond acceptors (Lipinski definition) is 2. The highest BCUT2D eigenvalue weighted by Gasteiger charge is 2.05. The van der Waals surface area contributed by atoms with Gasteiger partial charge in [0.05, 0.1) is 11.1 Å². The van der Waals surface area contributed by atoms with E-state index in [0.717, 1.165) is 22.0 Å². The number of rotatable bonds is 2. The lowest BCUT2D eigenvalue weighted by Crippen LogP contribution is -1.95. The topological polar surface area (TPSA) is 50.2 Å². The lowest BCUT2D eigenvalue weighted by molar-refractivity contribution is 0.0697. The van der Waals surface area contributed by atoms with E-state index in [0.29, 0.717) is 5.56 Å². The fourth-order valence-electron chi connectivity index (χ4n) is 2.08. The third-order valence-corrected chi connectivity index (χ3v) is 3.05. The predicted molar refractivity (Wildman–Crippen MR) is 74.1 cm³/mol. The van der Waals surface area contributed by atoms with Crippen LogP contribution < -0.4 is 0 Å². The van der Waals surface area contributed by atoms with Gasteiger partial charge in [0.25, 0.3) is 0 Å². The number of carbonyl (C=O) groups is 1. The average Bonchev–Trinajstić information content (AvgIpc) is 2.47. The van der Waals surface area contributed by atoms with Gasteiger partial charge in [-0.15, -0.1) is 0 Å². The van der Waals surface area contributed by atoms with Gasteiger partial charge in [0.1, 0.15) is 0 Å². The zero-order chi connectivity index (χ0) is 13.2. The summed E-state index contributed by atoms with van der Waals surface area (Å²) in [6, 6.07) is 16.7. The maximum absolute atomic E-state index is 11.0. The minimum absolute atomic E-state index is 0.290. The van der Waals surface area contributed by atoms with Crippen LogP contribution in [0.15, 0.2) is 60.8 Å². The molecule has 1 N–H and O–H groups in total. The molecule has 3 nitrogen and oxygen atoms in total. The monoisotopic (exact) mass is 249 g/mol. The molecule has 0 fully saturated rings. The molecule has 0 bridgehead atoms. The fourth-order valence-corrected chi connectivity index (χ4v) is 2.08. The number of benzene rings is 2. The van der Waals surface area contributed by atoms with Gasteiger partial charge in [0.15, 0.2) is 0 Å². The van der Waals surface area contributed by atoms with Crippen LogP contribution in [0.1, 0.15) is 10.4 Å². The minimum atomic E-state index is -0.916. The first-order valence-corrected chi connectivity index (χ1v) is 5.92. The number of pyridine rings is 1. The number of aromatic nitrogens is 1. The minimum Gasteiger partial charge on any atom is -0.478 e. The number of fused-ring (bicyclic) bond motifs is 1. The zero-order valence-electron chi connectivity index (χ0n) is 10.1. The van der Waals surface area contributed by atoms with Crippen molar-refractivity contribution in [3.8, 4) is 11.1 Å². The van der Waals surface area contributed by atoms with Crippen molar-refractivity contribution in [2.45, 2.75) is 0 Å². The van der Waals surface area contributed by atoms with Gasteiger partial charge in [-0.05, 0) is 35.4 Å². The van der Waals surface area contributed by atoms with Crippen molar-refractivity contribution in [2.75, 3.05) is 0 Å². The van der Waals surface area contributed by atoms with E-state index in [1.54, 1.807) is 24.4 Å². The number of carboxylic acid groups (broad SMARTS) is 1. The first-order chi connectivity index (χ1) is 9.24. The molecule has 1 aromatic heterocycles. The van der Waals surface area contributed by atoms with Gasteiger partial charge >= 0.3 is 5.97 Å². The van der Waals surface area contributed by atoms with Gasteiger partial charge in [-0.25, -0.2) is 4.79 Å². The van der Waals surface area contributed by atoms with E-state index >= 15 is 0 Å². The Hall–Kier alpha value is -2.68. The summed E-state index contributed by atoms with van der Waals surface area (Å²) in [6.45, 7) is 0. The quantitative estimate of drug-likeness (QED) is 0.754. The number of carboxylic acids is 1. The largest absolute Gasteiger partial charge is 0.478 e. The molecule has 0 radical (unpaired) electrons. The zero-order valence-corrected chi connectivity index (χ0v) is 10.1. The Morgan fingerprint density at radius 2 is 1.79 bits per heavy atom. The Kier molecular flexibility index (Phi) is 2.72. The summed E-state index contributed by atoms with van der Waals surface area (Å²) in [6.07, 6.45) is 1.75. The van der Waals surface area contributed by atoms with Crippen LogP contribution in [0.25, 0.3) is 22.0 Å². The van der Waals surface area contributed by atoms with Crippen molar-refractivity contribution in [3.63, 3.8) is 0 Å². The van der Waals surface area contributed by atoms with Gasteiger partial charge in [0.2, 0.25) is 0 Å². The van der Waals surface area contributed by atoms with Crippen LogP contribution in [0.3, 0.4) is 0 Å². The van der Waals surface area contributed by atoms with Crippen molar-refractivity contribution < 1.29 is 9.90 Å². The first-order valence-electron chi connectivity index (χ1n) is 5.92. The summed E-state index contributed by atoms with van der Waals surface area (Å²) >= 11 is 0. The van der Waals surface area contributed by atoms with Crippen LogP contribution in [-0.4, -0.2) is 16.1 Å². The molecular formula is C16H11NO2. The number of nitrogens with zero attached hydrogens (tertiary/aromatic N) is 1. The highest BCUT2D eigenvalue weighted by atomic mass is 16.4. The lowest BCUT2D eigenvalue weighted by atomic mass is 10.0. The van der Waals surface area contributed by atoms with Crippen LogP contribution in [0, 0.1) is 0 Å². The summed E-state index contributed by atoms with van der Waals surface area (Å²) in [5, 5.41) is 10.1. The maximum atomic E-state index is 11.0. The molecule has 3 heteroatoms. The highest BCUT2D eigenvalue weighted by molar-refractivity contribution is 5.90. The van der Waals surface area contributed by atoms with Crippen molar-refractivity contribution >= 4 is 16.9 Å². The Morgan fingerprint density at radius 1 is 0.947 bits per heavy atom. The van der Waals surface area contributed by atoms with Crippen molar-refractivity contribution in [3.05, 3.63) is 66.4 Å². The third kappa shape index (κ3) is 2.18. The third-order valence-electron chi connectivity index (χ3n) is 3.05. The van der Waals surface area contributed by atoms with E-state index < -0.39 is 5.97 Å². The van der Waals surface area contributed by atoms with E-state index in [1.165, 1.54) is 0 Å². The summed E-state index contributed by atoms with van der Waals surface area (Å²) in [5.41, 5.74) is 3.04. The normalized spacial score (nSPS) is 10.5. The Balaban J connectivity index is 2.13. The van der Waals surface area contributed by atoms with Crippen molar-refractivity contribution in [1.29, 1.82) is 0 Å². The lowest BCUT2D eigenvalue weighted by Gasteiger charge is -2.04. The molecule has 92 valence electrons. The molecule has 0 aliphatic carbocycles. The number of hydrogen-bond donors (Lipinski definition) is 1. The molecular weight excluding hydrogens is 238 g/mol. The predicted octanol–water partition coefficient (Wildman–Crippen LogP) is 3.60. The van der Waals surface area contributed by atoms with Crippen molar-refractivity contribution in [2.24, 2.45) is 0 Å². The van der Waals surface area contributed by atoms with E-state index in [-0.39, 0.29) is 0 Å². The summed E-state index contributed by atoms with van der Waals surface area (Å²) in [5.74, 6) is -0.916. The molecule has 3 aromatic rings. The van der Waals surface area contributed by atoms with Gasteiger partial charge < -0.3 is 5.11 Å². The van der Waals surface area contributed by atoms with Crippen LogP contribution in [0.4, 0.5) is 0 Å². The molecule has 0 saturated carbocycles. The van der Waals surface area contributed by atoms with Gasteiger partial charge in [-0.2, -0.15) is 0 Å².